The van der Waals surface area contributed by atoms with Crippen molar-refractivity contribution in [3.8, 4) is 0 Å². The first-order valence-corrected chi connectivity index (χ1v) is 9.61. The molecule has 1 aromatic heterocycles. The fourth-order valence-electron chi connectivity index (χ4n) is 4.07. The number of piperidine rings is 2. The second-order valence-corrected chi connectivity index (χ2v) is 8.70. The minimum atomic E-state index is -3.77. The van der Waals surface area contributed by atoms with Crippen LogP contribution in [0.25, 0.3) is 0 Å². The molecule has 134 valence electrons. The minimum Gasteiger partial charge on any atom is -0.481 e. The van der Waals surface area contributed by atoms with Gasteiger partial charge in [0.1, 0.15) is 4.90 Å². The minimum absolute atomic E-state index is 0.0100. The molecule has 0 unspecified atom stereocenters. The Morgan fingerprint density at radius 1 is 1.42 bits per heavy atom. The first-order valence-electron chi connectivity index (χ1n) is 8.17. The van der Waals surface area contributed by atoms with Crippen molar-refractivity contribution in [1.29, 1.82) is 0 Å². The van der Waals surface area contributed by atoms with Gasteiger partial charge in [-0.2, -0.15) is 9.40 Å². The van der Waals surface area contributed by atoms with Gasteiger partial charge in [-0.05, 0) is 39.7 Å². The molecule has 3 heterocycles. The average molecular weight is 356 g/mol. The number of carbonyl (C=O) groups is 1. The molecule has 0 aliphatic carbocycles. The summed E-state index contributed by atoms with van der Waals surface area (Å²) in [6, 6.07) is -0.175. The largest absolute Gasteiger partial charge is 0.481 e. The maximum absolute atomic E-state index is 13.1. The van der Waals surface area contributed by atoms with Gasteiger partial charge in [0, 0.05) is 26.2 Å². The molecule has 2 fully saturated rings. The van der Waals surface area contributed by atoms with Gasteiger partial charge in [0.2, 0.25) is 10.0 Å². The number of nitrogens with one attached hydrogen (secondary N) is 1. The Morgan fingerprint density at radius 3 is 2.71 bits per heavy atom. The van der Waals surface area contributed by atoms with Gasteiger partial charge in [-0.3, -0.25) is 9.48 Å². The van der Waals surface area contributed by atoms with Crippen molar-refractivity contribution in [3.05, 3.63) is 11.4 Å². The molecule has 0 spiro atoms. The number of aryl methyl sites for hydroxylation is 2. The molecule has 2 aliphatic rings. The van der Waals surface area contributed by atoms with Crippen molar-refractivity contribution >= 4 is 16.0 Å². The highest BCUT2D eigenvalue weighted by molar-refractivity contribution is 7.89. The number of carboxylic acids is 1. The van der Waals surface area contributed by atoms with Gasteiger partial charge in [0.25, 0.3) is 0 Å². The van der Waals surface area contributed by atoms with Crippen molar-refractivity contribution in [2.45, 2.75) is 44.0 Å². The van der Waals surface area contributed by atoms with Crippen molar-refractivity contribution in [1.82, 2.24) is 19.4 Å². The Morgan fingerprint density at radius 2 is 2.12 bits per heavy atom. The van der Waals surface area contributed by atoms with Crippen LogP contribution in [0.5, 0.6) is 0 Å². The van der Waals surface area contributed by atoms with Crippen LogP contribution in [0.4, 0.5) is 0 Å². The summed E-state index contributed by atoms with van der Waals surface area (Å²) >= 11 is 0. The van der Waals surface area contributed by atoms with E-state index in [1.165, 1.54) is 4.31 Å². The number of aliphatic carboxylic acids is 1. The molecule has 2 saturated heterocycles. The lowest BCUT2D eigenvalue weighted by molar-refractivity contribution is -0.155. The summed E-state index contributed by atoms with van der Waals surface area (Å²) in [4.78, 5) is 12.2. The van der Waals surface area contributed by atoms with Crippen molar-refractivity contribution in [3.63, 3.8) is 0 Å². The Bertz CT molecular complexity index is 773. The third-order valence-electron chi connectivity index (χ3n) is 5.45. The molecule has 9 heteroatoms. The topological polar surface area (TPSA) is 105 Å². The zero-order chi connectivity index (χ0) is 17.7. The van der Waals surface area contributed by atoms with E-state index in [0.717, 1.165) is 13.0 Å². The van der Waals surface area contributed by atoms with E-state index in [9.17, 15) is 18.3 Å². The summed E-state index contributed by atoms with van der Waals surface area (Å²) in [7, 11) is -2.06. The molecule has 24 heavy (non-hydrogen) atoms. The molecule has 0 aromatic carbocycles. The molecular weight excluding hydrogens is 332 g/mol. The predicted molar refractivity (Wildman–Crippen MR) is 87.2 cm³/mol. The molecule has 0 radical (unpaired) electrons. The Kier molecular flexibility index (Phi) is 4.21. The number of nitrogens with zero attached hydrogens (tertiary/aromatic N) is 3. The van der Waals surface area contributed by atoms with Crippen LogP contribution in [0.2, 0.25) is 0 Å². The number of carboxylic acid groups (broad SMARTS) is 1. The van der Waals surface area contributed by atoms with Crippen molar-refractivity contribution < 1.29 is 18.3 Å². The van der Waals surface area contributed by atoms with Gasteiger partial charge in [-0.1, -0.05) is 0 Å². The number of sulfonamides is 1. The molecule has 2 atom stereocenters. The predicted octanol–water partition coefficient (Wildman–Crippen LogP) is 0.254. The van der Waals surface area contributed by atoms with Gasteiger partial charge in [-0.15, -0.1) is 0 Å². The smallest absolute Gasteiger partial charge is 0.312 e. The highest BCUT2D eigenvalue weighted by Gasteiger charge is 2.53. The van der Waals surface area contributed by atoms with Gasteiger partial charge in [0.15, 0.2) is 0 Å². The van der Waals surface area contributed by atoms with E-state index >= 15 is 0 Å². The van der Waals surface area contributed by atoms with E-state index in [0.29, 0.717) is 30.8 Å². The summed E-state index contributed by atoms with van der Waals surface area (Å²) in [6.45, 7) is 4.50. The van der Waals surface area contributed by atoms with Gasteiger partial charge >= 0.3 is 5.97 Å². The number of rotatable bonds is 3. The fourth-order valence-corrected chi connectivity index (χ4v) is 5.99. The number of aromatic nitrogens is 2. The van der Waals surface area contributed by atoms with E-state index in [1.54, 1.807) is 25.6 Å². The summed E-state index contributed by atoms with van der Waals surface area (Å²) in [5.41, 5.74) is -0.0304. The van der Waals surface area contributed by atoms with Crippen LogP contribution in [-0.2, 0) is 21.9 Å². The third-order valence-corrected chi connectivity index (χ3v) is 7.55. The molecule has 0 amide bonds. The molecule has 1 aromatic rings. The SMILES string of the molecule is Cc1nn(C)c(C)c1S(=O)(=O)N1CC[C@@H]2NCCC[C@@]2(C(=O)O)C1. The lowest BCUT2D eigenvalue weighted by Gasteiger charge is -2.47. The third kappa shape index (κ3) is 2.46. The van der Waals surface area contributed by atoms with Crippen LogP contribution < -0.4 is 5.32 Å². The molecule has 2 N–H and O–H groups in total. The summed E-state index contributed by atoms with van der Waals surface area (Å²) in [5.74, 6) is -0.917. The van der Waals surface area contributed by atoms with Crippen molar-refractivity contribution in [2.24, 2.45) is 12.5 Å². The van der Waals surface area contributed by atoms with Crippen LogP contribution in [-0.4, -0.2) is 59.3 Å². The summed E-state index contributed by atoms with van der Waals surface area (Å²) in [5, 5.41) is 17.3. The maximum atomic E-state index is 13.1. The van der Waals surface area contributed by atoms with E-state index in [-0.39, 0.29) is 17.5 Å². The summed E-state index contributed by atoms with van der Waals surface area (Å²) in [6.07, 6.45) is 1.74. The molecule has 2 aliphatic heterocycles. The molecule has 0 bridgehead atoms. The highest BCUT2D eigenvalue weighted by atomic mass is 32.2. The van der Waals surface area contributed by atoms with E-state index in [2.05, 4.69) is 10.4 Å². The Labute approximate surface area is 141 Å². The lowest BCUT2D eigenvalue weighted by atomic mass is 9.71. The van der Waals surface area contributed by atoms with Gasteiger partial charge in [0.05, 0.1) is 16.8 Å². The first kappa shape index (κ1) is 17.4. The molecular formula is C15H24N4O4S. The van der Waals surface area contributed by atoms with E-state index in [1.807, 2.05) is 0 Å². The number of hydrogen-bond donors (Lipinski definition) is 2. The summed E-state index contributed by atoms with van der Waals surface area (Å²) < 4.78 is 29.2. The standard InChI is InChI=1S/C15H24N4O4S/c1-10-13(11(2)18(3)17-10)24(22,23)19-8-5-12-15(9-19,14(20)21)6-4-7-16-12/h12,16H,4-9H2,1-3H3,(H,20,21)/t12-,15+/m0/s1. The zero-order valence-electron chi connectivity index (χ0n) is 14.2. The second-order valence-electron chi connectivity index (χ2n) is 6.82. The average Bonchev–Trinajstić information content (AvgIpc) is 2.79. The van der Waals surface area contributed by atoms with Crippen LogP contribution in [0, 0.1) is 19.3 Å². The lowest BCUT2D eigenvalue weighted by Crippen LogP contribution is -2.63. The first-order chi connectivity index (χ1) is 11.2. The van der Waals surface area contributed by atoms with Crippen LogP contribution in [0.15, 0.2) is 4.90 Å². The van der Waals surface area contributed by atoms with E-state index in [4.69, 9.17) is 0 Å². The van der Waals surface area contributed by atoms with Crippen LogP contribution >= 0.6 is 0 Å². The fraction of sp³-hybridized carbons (Fsp3) is 0.733. The number of fused-ring (bicyclic) bond motifs is 1. The quantitative estimate of drug-likeness (QED) is 0.805. The highest BCUT2D eigenvalue weighted by Crippen LogP contribution is 2.40. The second kappa shape index (κ2) is 5.82. The molecule has 3 rings (SSSR count). The molecule has 8 nitrogen and oxygen atoms in total. The zero-order valence-corrected chi connectivity index (χ0v) is 15.1. The molecule has 0 saturated carbocycles. The Hall–Kier alpha value is -1.45. The van der Waals surface area contributed by atoms with Crippen LogP contribution in [0.3, 0.4) is 0 Å². The normalized spacial score (nSPS) is 28.5. The monoisotopic (exact) mass is 356 g/mol. The van der Waals surface area contributed by atoms with Gasteiger partial charge < -0.3 is 10.4 Å². The number of hydrogen-bond acceptors (Lipinski definition) is 5. The van der Waals surface area contributed by atoms with Crippen molar-refractivity contribution in [2.75, 3.05) is 19.6 Å². The maximum Gasteiger partial charge on any atom is 0.312 e. The van der Waals surface area contributed by atoms with Crippen LogP contribution in [0.1, 0.15) is 30.7 Å². The van der Waals surface area contributed by atoms with Gasteiger partial charge in [-0.25, -0.2) is 8.42 Å². The van der Waals surface area contributed by atoms with E-state index < -0.39 is 21.4 Å². The Balaban J connectivity index is 1.99.